The summed E-state index contributed by atoms with van der Waals surface area (Å²) < 4.78 is 19.6. The lowest BCUT2D eigenvalue weighted by Gasteiger charge is -2.14. The summed E-state index contributed by atoms with van der Waals surface area (Å²) in [5.74, 6) is 1.34. The van der Waals surface area contributed by atoms with Gasteiger partial charge in [-0.1, -0.05) is 18.2 Å². The van der Waals surface area contributed by atoms with E-state index >= 15 is 0 Å². The molecule has 2 aromatic rings. The van der Waals surface area contributed by atoms with Crippen molar-refractivity contribution >= 4 is 33.4 Å². The molecule has 0 amide bonds. The molecule has 5 heteroatoms. The fourth-order valence-corrected chi connectivity index (χ4v) is 3.82. The van der Waals surface area contributed by atoms with Crippen LogP contribution in [-0.2, 0) is 0 Å². The average Bonchev–Trinajstić information content (AvgIpc) is 2.85. The van der Waals surface area contributed by atoms with Gasteiger partial charge in [0.15, 0.2) is 0 Å². The lowest BCUT2D eigenvalue weighted by atomic mass is 10.0. The fraction of sp³-hybridized carbons (Fsp3) is 0.200. The highest BCUT2D eigenvalue weighted by Crippen LogP contribution is 2.40. The van der Waals surface area contributed by atoms with Crippen LogP contribution in [0.25, 0.3) is 0 Å². The van der Waals surface area contributed by atoms with Crippen LogP contribution in [0.3, 0.4) is 0 Å². The first kappa shape index (κ1) is 13.8. The van der Waals surface area contributed by atoms with Gasteiger partial charge in [0, 0.05) is 22.6 Å². The number of ether oxygens (including phenoxy) is 1. The molecule has 0 saturated carbocycles. The molecule has 0 spiro atoms. The number of rotatable bonds is 3. The predicted molar refractivity (Wildman–Crippen MR) is 83.9 cm³/mol. The molecule has 0 saturated heterocycles. The Kier molecular flexibility index (Phi) is 3.89. The van der Waals surface area contributed by atoms with Gasteiger partial charge in [-0.15, -0.1) is 11.8 Å². The zero-order valence-electron chi connectivity index (χ0n) is 10.6. The molecule has 20 heavy (non-hydrogen) atoms. The summed E-state index contributed by atoms with van der Waals surface area (Å²) in [4.78, 5) is 1.30. The second-order valence-corrected chi connectivity index (χ2v) is 6.58. The maximum absolute atomic E-state index is 13.5. The monoisotopic (exact) mass is 353 g/mol. The molecule has 0 fully saturated rings. The molecule has 104 valence electrons. The van der Waals surface area contributed by atoms with Crippen molar-refractivity contribution in [3.8, 4) is 5.75 Å². The Balaban J connectivity index is 1.74. The fourth-order valence-electron chi connectivity index (χ4n) is 2.23. The van der Waals surface area contributed by atoms with E-state index < -0.39 is 0 Å². The molecule has 2 nitrogen and oxygen atoms in total. The minimum Gasteiger partial charge on any atom is -0.491 e. The van der Waals surface area contributed by atoms with E-state index in [1.165, 1.54) is 22.6 Å². The molecule has 0 aliphatic carbocycles. The van der Waals surface area contributed by atoms with E-state index in [1.54, 1.807) is 0 Å². The number of nitrogens with two attached hydrogens (primary N) is 1. The van der Waals surface area contributed by atoms with E-state index in [0.717, 1.165) is 5.75 Å². The molecule has 2 aromatic carbocycles. The van der Waals surface area contributed by atoms with Crippen molar-refractivity contribution in [2.75, 3.05) is 18.1 Å². The average molecular weight is 354 g/mol. The quantitative estimate of drug-likeness (QED) is 0.828. The van der Waals surface area contributed by atoms with Crippen LogP contribution in [-0.4, -0.2) is 12.4 Å². The molecular formula is C15H13BrFNOS. The number of halogens is 2. The largest absolute Gasteiger partial charge is 0.491 e. The van der Waals surface area contributed by atoms with E-state index in [2.05, 4.69) is 28.1 Å². The molecule has 1 unspecified atom stereocenters. The van der Waals surface area contributed by atoms with Gasteiger partial charge in [0.2, 0.25) is 0 Å². The van der Waals surface area contributed by atoms with Crippen LogP contribution in [0.5, 0.6) is 5.75 Å². The summed E-state index contributed by atoms with van der Waals surface area (Å²) in [6.07, 6.45) is 0. The van der Waals surface area contributed by atoms with Crippen LogP contribution < -0.4 is 10.5 Å². The summed E-state index contributed by atoms with van der Waals surface area (Å²) in [5, 5.41) is 0. The van der Waals surface area contributed by atoms with Crippen LogP contribution in [0.1, 0.15) is 11.5 Å². The van der Waals surface area contributed by atoms with Crippen molar-refractivity contribution in [1.29, 1.82) is 0 Å². The Bertz CT molecular complexity index is 650. The van der Waals surface area contributed by atoms with Gasteiger partial charge in [0.1, 0.15) is 11.6 Å². The van der Waals surface area contributed by atoms with E-state index in [9.17, 15) is 4.39 Å². The highest BCUT2D eigenvalue weighted by atomic mass is 79.9. The number of anilines is 1. The number of hydrogen-bond donors (Lipinski definition) is 1. The van der Waals surface area contributed by atoms with Gasteiger partial charge in [-0.3, -0.25) is 0 Å². The molecule has 3 rings (SSSR count). The van der Waals surface area contributed by atoms with Crippen molar-refractivity contribution in [1.82, 2.24) is 0 Å². The molecule has 1 heterocycles. The highest BCUT2D eigenvalue weighted by Gasteiger charge is 2.23. The minimum absolute atomic E-state index is 0.322. The third kappa shape index (κ3) is 2.65. The maximum Gasteiger partial charge on any atom is 0.145 e. The van der Waals surface area contributed by atoms with E-state index in [0.29, 0.717) is 28.4 Å². The Hall–Kier alpha value is -1.20. The summed E-state index contributed by atoms with van der Waals surface area (Å²) in [6, 6.07) is 11.2. The van der Waals surface area contributed by atoms with Gasteiger partial charge >= 0.3 is 0 Å². The van der Waals surface area contributed by atoms with Gasteiger partial charge in [-0.25, -0.2) is 4.39 Å². The molecule has 0 bridgehead atoms. The summed E-state index contributed by atoms with van der Waals surface area (Å²) in [7, 11) is 0. The minimum atomic E-state index is -0.365. The zero-order valence-corrected chi connectivity index (χ0v) is 13.0. The van der Waals surface area contributed by atoms with Gasteiger partial charge in [-0.2, -0.15) is 0 Å². The van der Waals surface area contributed by atoms with Crippen LogP contribution in [0.15, 0.2) is 45.8 Å². The summed E-state index contributed by atoms with van der Waals surface area (Å²) in [5.41, 5.74) is 7.58. The summed E-state index contributed by atoms with van der Waals surface area (Å²) in [6.45, 7) is 0.509. The van der Waals surface area contributed by atoms with Crippen molar-refractivity contribution < 1.29 is 9.13 Å². The van der Waals surface area contributed by atoms with Gasteiger partial charge in [-0.05, 0) is 33.6 Å². The number of nitrogen functional groups attached to an aromatic ring is 1. The van der Waals surface area contributed by atoms with E-state index in [1.807, 2.05) is 23.9 Å². The van der Waals surface area contributed by atoms with Crippen molar-refractivity contribution in [2.45, 2.75) is 10.8 Å². The zero-order chi connectivity index (χ0) is 14.1. The number of hydrogen-bond acceptors (Lipinski definition) is 3. The topological polar surface area (TPSA) is 35.2 Å². The van der Waals surface area contributed by atoms with Gasteiger partial charge in [0.05, 0.1) is 16.8 Å². The van der Waals surface area contributed by atoms with Gasteiger partial charge < -0.3 is 10.5 Å². The Morgan fingerprint density at radius 2 is 2.15 bits per heavy atom. The van der Waals surface area contributed by atoms with Crippen molar-refractivity contribution in [3.63, 3.8) is 0 Å². The third-order valence-electron chi connectivity index (χ3n) is 3.29. The van der Waals surface area contributed by atoms with Gasteiger partial charge in [0.25, 0.3) is 0 Å². The lowest BCUT2D eigenvalue weighted by Crippen LogP contribution is -2.10. The molecule has 1 aliphatic rings. The third-order valence-corrected chi connectivity index (χ3v) is 5.15. The SMILES string of the molecule is Nc1cc(Br)c(F)cc1OCC1CSc2ccccc21. The van der Waals surface area contributed by atoms with Crippen LogP contribution in [0, 0.1) is 5.82 Å². The number of fused-ring (bicyclic) bond motifs is 1. The summed E-state index contributed by atoms with van der Waals surface area (Å²) >= 11 is 4.93. The molecule has 1 aliphatic heterocycles. The van der Waals surface area contributed by atoms with E-state index in [-0.39, 0.29) is 5.82 Å². The van der Waals surface area contributed by atoms with Crippen LogP contribution in [0.2, 0.25) is 0 Å². The predicted octanol–water partition coefficient (Wildman–Crippen LogP) is 4.44. The maximum atomic E-state index is 13.5. The molecule has 0 radical (unpaired) electrons. The first-order valence-corrected chi connectivity index (χ1v) is 8.02. The first-order chi connectivity index (χ1) is 9.65. The normalized spacial score (nSPS) is 17.0. The number of benzene rings is 2. The Morgan fingerprint density at radius 3 is 3.00 bits per heavy atom. The molecule has 2 N–H and O–H groups in total. The smallest absolute Gasteiger partial charge is 0.145 e. The Morgan fingerprint density at radius 1 is 1.35 bits per heavy atom. The second-order valence-electron chi connectivity index (χ2n) is 4.66. The molecule has 0 aromatic heterocycles. The Labute approximate surface area is 129 Å². The van der Waals surface area contributed by atoms with E-state index in [4.69, 9.17) is 10.5 Å². The molecular weight excluding hydrogens is 341 g/mol. The molecule has 1 atom stereocenters. The van der Waals surface area contributed by atoms with Crippen LogP contribution in [0.4, 0.5) is 10.1 Å². The van der Waals surface area contributed by atoms with Crippen LogP contribution >= 0.6 is 27.7 Å². The van der Waals surface area contributed by atoms with Crippen molar-refractivity contribution in [2.24, 2.45) is 0 Å². The second kappa shape index (κ2) is 5.66. The highest BCUT2D eigenvalue weighted by molar-refractivity contribution is 9.10. The lowest BCUT2D eigenvalue weighted by molar-refractivity contribution is 0.298. The standard InChI is InChI=1S/C15H13BrFNOS/c16-11-5-13(18)14(6-12(11)17)19-7-9-8-20-15-4-2-1-3-10(9)15/h1-6,9H,7-8,18H2. The van der Waals surface area contributed by atoms with Crippen molar-refractivity contribution in [3.05, 3.63) is 52.3 Å². The first-order valence-electron chi connectivity index (χ1n) is 6.24. The number of thioether (sulfide) groups is 1.